The molecular formula is C77H83N7O5S2. The third-order valence-electron chi connectivity index (χ3n) is 19.0. The molecule has 0 fully saturated rings. The molecule has 14 heteroatoms. The van der Waals surface area contributed by atoms with Gasteiger partial charge >= 0.3 is 11.3 Å². The molecule has 0 saturated heterocycles. The minimum Gasteiger partial charge on any atom is -0.461 e. The van der Waals surface area contributed by atoms with Crippen LogP contribution >= 0.6 is 22.7 Å². The fourth-order valence-corrected chi connectivity index (χ4v) is 15.3. The van der Waals surface area contributed by atoms with Crippen LogP contribution in [0.5, 0.6) is 0 Å². The highest BCUT2D eigenvalue weighted by molar-refractivity contribution is 7.22. The quantitative estimate of drug-likeness (QED) is 0.0858. The number of thiazole rings is 2. The monoisotopic (exact) mass is 1250 g/mol. The number of nitrogens with zero attached hydrogens (tertiary/aromatic N) is 7. The van der Waals surface area contributed by atoms with E-state index in [0.717, 1.165) is 124 Å². The first kappa shape index (κ1) is 64.0. The van der Waals surface area contributed by atoms with Gasteiger partial charge in [0.1, 0.15) is 32.7 Å². The molecule has 0 unspecified atom stereocenters. The Morgan fingerprint density at radius 1 is 0.670 bits per heavy atom. The van der Waals surface area contributed by atoms with E-state index in [9.17, 15) is 14.9 Å². The maximum absolute atomic E-state index is 13.2. The maximum atomic E-state index is 13.2. The molecule has 9 heterocycles. The number of benzene rings is 5. The molecule has 5 aromatic carbocycles. The molecular weight excluding hydrogens is 1170 g/mol. The van der Waals surface area contributed by atoms with Crippen LogP contribution in [0.2, 0.25) is 0 Å². The first-order valence-corrected chi connectivity index (χ1v) is 33.1. The lowest BCUT2D eigenvalue weighted by atomic mass is 9.69. The van der Waals surface area contributed by atoms with Gasteiger partial charge in [0.25, 0.3) is 5.70 Å². The molecule has 0 aliphatic carbocycles. The molecule has 4 aromatic heterocycles. The number of hydrogen-bond donors (Lipinski definition) is 0. The number of para-hydroxylation sites is 2. The van der Waals surface area contributed by atoms with Crippen molar-refractivity contribution in [1.82, 2.24) is 9.97 Å². The van der Waals surface area contributed by atoms with Crippen molar-refractivity contribution in [3.05, 3.63) is 198 Å². The van der Waals surface area contributed by atoms with Crippen molar-refractivity contribution in [1.29, 1.82) is 5.26 Å². The van der Waals surface area contributed by atoms with Gasteiger partial charge in [-0.15, -0.1) is 22.7 Å². The van der Waals surface area contributed by atoms with Gasteiger partial charge in [-0.25, -0.2) is 29.7 Å². The van der Waals surface area contributed by atoms with E-state index in [1.807, 2.05) is 91.0 Å². The Hall–Kier alpha value is -8.56. The Morgan fingerprint density at radius 3 is 1.71 bits per heavy atom. The van der Waals surface area contributed by atoms with E-state index in [1.165, 1.54) is 45.0 Å². The molecule has 0 atom stereocenters. The van der Waals surface area contributed by atoms with E-state index in [-0.39, 0.29) is 51.4 Å². The average Bonchev–Trinajstić information content (AvgIpc) is 1.22. The lowest BCUT2D eigenvalue weighted by Crippen LogP contribution is -2.44. The number of allylic oxidation sites excluding steroid dienone is 6. The number of rotatable bonds is 7. The van der Waals surface area contributed by atoms with Crippen LogP contribution in [0, 0.1) is 23.3 Å². The highest BCUT2D eigenvalue weighted by atomic mass is 32.1. The van der Waals surface area contributed by atoms with E-state index in [2.05, 4.69) is 145 Å². The SMILES string of the molecule is C.CC1(C)CCN2CCC(C)(C)c3c2c1cc1cc(-c2nc4ccccc4s2)c(=O)oc31.CCN(CC)c1ccc2cc(-c3nc4ccccc4s3)c(=O)oc2c1.[C-]#[N+]/C(C#N)=C1C=C(/C=C/c2cc3c4c(c2)C(C)(C)CCN4CCC3(C)C)OC(C(C)(C)C)=C/1. The van der Waals surface area contributed by atoms with Crippen molar-refractivity contribution in [3.8, 4) is 27.2 Å². The van der Waals surface area contributed by atoms with Crippen LogP contribution < -0.4 is 26.0 Å². The maximum Gasteiger partial charge on any atom is 0.346 e. The van der Waals surface area contributed by atoms with Crippen molar-refractivity contribution >= 4 is 88.2 Å². The van der Waals surface area contributed by atoms with Crippen molar-refractivity contribution in [2.75, 3.05) is 54.0 Å². The Kier molecular flexibility index (Phi) is 17.0. The Labute approximate surface area is 543 Å². The first-order valence-electron chi connectivity index (χ1n) is 31.5. The number of fused-ring (bicyclic) bond motifs is 5. The summed E-state index contributed by atoms with van der Waals surface area (Å²) in [6.07, 6.45) is 12.2. The zero-order valence-corrected chi connectivity index (χ0v) is 55.7. The zero-order chi connectivity index (χ0) is 63.8. The zero-order valence-electron chi connectivity index (χ0n) is 54.1. The predicted octanol–water partition coefficient (Wildman–Crippen LogP) is 19.2. The van der Waals surface area contributed by atoms with Gasteiger partial charge in [0.2, 0.25) is 0 Å². The summed E-state index contributed by atoms with van der Waals surface area (Å²) < 4.78 is 20.1. The normalized spacial score (nSPS) is 17.8. The van der Waals surface area contributed by atoms with Gasteiger partial charge in [-0.05, 0) is 174 Å². The largest absolute Gasteiger partial charge is 0.461 e. The molecule has 0 saturated carbocycles. The lowest BCUT2D eigenvalue weighted by molar-refractivity contribution is 0.223. The van der Waals surface area contributed by atoms with Gasteiger partial charge in [-0.2, -0.15) is 0 Å². The van der Waals surface area contributed by atoms with Crippen molar-refractivity contribution in [3.63, 3.8) is 0 Å². The molecule has 12 nitrogen and oxygen atoms in total. The standard InChI is InChI=1S/C30H35N3O.C26H26N2O2S.C20H18N2O2S.CH4/c1-28(2,3)26-18-21(25(19-31)32-8)17-22(34-26)10-9-20-15-23-27-24(16-20)30(6,7)12-14-33(27)13-11-29(23,4)5;1-25(2)9-11-28-12-10-26(3,4)20-21(28)17(25)14-15-13-16(24(29)30-22(15)20)23-27-18-7-5-6-8-19(18)31-23;1-3-22(4-2)14-10-9-13-11-15(20(23)24-17(13)12-14)19-21-16-7-5-6-8-18(16)25-19;/h9-10,15-18H,11-14H2,1-7H3;5-8,13-14H,9-12H2,1-4H3;5-12H,3-4H2,1-2H3;1H4/b10-9+,25-21-;;;. The Balaban J connectivity index is 0.000000141. The van der Waals surface area contributed by atoms with Crippen molar-refractivity contribution in [2.45, 2.75) is 145 Å². The number of aromatic nitrogens is 2. The topological polar surface area (TPSA) is 133 Å². The van der Waals surface area contributed by atoms with E-state index >= 15 is 0 Å². The van der Waals surface area contributed by atoms with Crippen LogP contribution in [0.15, 0.2) is 157 Å². The van der Waals surface area contributed by atoms with Crippen LogP contribution in [-0.2, 0) is 26.4 Å². The number of anilines is 3. The van der Waals surface area contributed by atoms with Gasteiger partial charge in [0.05, 0.1) is 44.2 Å². The van der Waals surface area contributed by atoms with Crippen LogP contribution in [0.25, 0.3) is 74.4 Å². The summed E-state index contributed by atoms with van der Waals surface area (Å²) in [6, 6.07) is 34.7. The second-order valence-corrected chi connectivity index (χ2v) is 30.1. The molecule has 91 heavy (non-hydrogen) atoms. The summed E-state index contributed by atoms with van der Waals surface area (Å²) in [4.78, 5) is 45.7. The fraction of sp³-hybridized carbons (Fsp3) is 0.377. The van der Waals surface area contributed by atoms with Gasteiger partial charge in [0.15, 0.2) is 0 Å². The van der Waals surface area contributed by atoms with E-state index in [0.29, 0.717) is 33.0 Å². The number of nitriles is 1. The Bertz CT molecular complexity index is 4590. The molecule has 0 N–H and O–H groups in total. The number of ether oxygens (including phenoxy) is 1. The molecule has 14 rings (SSSR count). The molecule has 5 aliphatic heterocycles. The minimum atomic E-state index is -0.344. The first-order chi connectivity index (χ1) is 42.8. The van der Waals surface area contributed by atoms with Gasteiger partial charge < -0.3 is 28.3 Å². The van der Waals surface area contributed by atoms with E-state index in [1.54, 1.807) is 17.4 Å². The molecule has 5 aliphatic rings. The predicted molar refractivity (Wildman–Crippen MR) is 379 cm³/mol. The van der Waals surface area contributed by atoms with Crippen molar-refractivity contribution in [2.24, 2.45) is 5.41 Å². The molecule has 0 amide bonds. The molecule has 0 bridgehead atoms. The summed E-state index contributed by atoms with van der Waals surface area (Å²) in [5.41, 5.74) is 14.8. The lowest BCUT2D eigenvalue weighted by Gasteiger charge is -2.48. The molecule has 468 valence electrons. The van der Waals surface area contributed by atoms with Crippen LogP contribution in [0.3, 0.4) is 0 Å². The highest BCUT2D eigenvalue weighted by Gasteiger charge is 2.43. The summed E-state index contributed by atoms with van der Waals surface area (Å²) in [6.45, 7) is 42.6. The third kappa shape index (κ3) is 12.2. The fourth-order valence-electron chi connectivity index (χ4n) is 13.3. The summed E-state index contributed by atoms with van der Waals surface area (Å²) in [5, 5.41) is 12.8. The Morgan fingerprint density at radius 2 is 1.19 bits per heavy atom. The van der Waals surface area contributed by atoms with Crippen LogP contribution in [0.1, 0.15) is 151 Å². The molecule has 0 radical (unpaired) electrons. The summed E-state index contributed by atoms with van der Waals surface area (Å²) >= 11 is 3.05. The second-order valence-electron chi connectivity index (χ2n) is 28.1. The highest BCUT2D eigenvalue weighted by Crippen LogP contribution is 2.53. The molecule has 9 aromatic rings. The smallest absolute Gasteiger partial charge is 0.346 e. The van der Waals surface area contributed by atoms with E-state index in [4.69, 9.17) is 25.1 Å². The van der Waals surface area contributed by atoms with Crippen LogP contribution in [-0.4, -0.2) is 49.2 Å². The van der Waals surface area contributed by atoms with Crippen molar-refractivity contribution < 1.29 is 13.6 Å². The van der Waals surface area contributed by atoms with Crippen LogP contribution in [0.4, 0.5) is 17.1 Å². The summed E-state index contributed by atoms with van der Waals surface area (Å²) in [7, 11) is 0. The van der Waals surface area contributed by atoms with E-state index < -0.39 is 0 Å². The molecule has 0 spiro atoms. The van der Waals surface area contributed by atoms with Gasteiger partial charge in [0, 0.05) is 84.1 Å². The average molecular weight is 1250 g/mol. The van der Waals surface area contributed by atoms with Gasteiger partial charge in [-0.1, -0.05) is 114 Å². The number of hydrogen-bond acceptors (Lipinski definition) is 13. The third-order valence-corrected chi connectivity index (χ3v) is 21.2. The van der Waals surface area contributed by atoms with Gasteiger partial charge in [-0.3, -0.25) is 0 Å². The second kappa shape index (κ2) is 24.2. The summed E-state index contributed by atoms with van der Waals surface area (Å²) in [5.74, 6) is 1.39. The minimum absolute atomic E-state index is 0.